The van der Waals surface area contributed by atoms with Crippen molar-refractivity contribution in [2.45, 2.75) is 0 Å². The van der Waals surface area contributed by atoms with Crippen LogP contribution in [0, 0.1) is 0 Å². The number of hydrogen-bond acceptors (Lipinski definition) is 5. The van der Waals surface area contributed by atoms with E-state index in [1.54, 1.807) is 29.2 Å². The molecule has 10 heteroatoms. The molecule has 0 radical (unpaired) electrons. The summed E-state index contributed by atoms with van der Waals surface area (Å²) in [7, 11) is 0. The molecule has 0 saturated carbocycles. The number of fused-ring (bicyclic) bond motifs is 1. The van der Waals surface area contributed by atoms with Crippen LogP contribution < -0.4 is 9.64 Å². The minimum Gasteiger partial charge on any atom is -0.449 e. The van der Waals surface area contributed by atoms with Crippen LogP contribution in [0.3, 0.4) is 0 Å². The van der Waals surface area contributed by atoms with Crippen molar-refractivity contribution in [2.24, 2.45) is 0 Å². The Morgan fingerprint density at radius 3 is 2.33 bits per heavy atom. The molecule has 2 heterocycles. The summed E-state index contributed by atoms with van der Waals surface area (Å²) in [5.74, 6) is -0.204. The fourth-order valence-corrected chi connectivity index (χ4v) is 4.65. The zero-order valence-electron chi connectivity index (χ0n) is 15.4. The highest BCUT2D eigenvalue weighted by atomic mass is 79.9. The molecule has 1 aromatic heterocycles. The predicted octanol–water partition coefficient (Wildman–Crippen LogP) is 5.52. The van der Waals surface area contributed by atoms with E-state index >= 15 is 0 Å². The number of rotatable bonds is 3. The summed E-state index contributed by atoms with van der Waals surface area (Å²) in [5, 5.41) is 10.3. The first-order valence-corrected chi connectivity index (χ1v) is 10.5. The zero-order chi connectivity index (χ0) is 21.4. The number of nitrogens with zero attached hydrogens (tertiary/aromatic N) is 2. The van der Waals surface area contributed by atoms with Gasteiger partial charge in [-0.1, -0.05) is 23.2 Å². The van der Waals surface area contributed by atoms with Crippen molar-refractivity contribution in [1.29, 1.82) is 0 Å². The third kappa shape index (κ3) is 4.21. The van der Waals surface area contributed by atoms with E-state index in [0.717, 1.165) is 10.2 Å². The van der Waals surface area contributed by atoms with Gasteiger partial charge >= 0.3 is 6.16 Å². The van der Waals surface area contributed by atoms with Gasteiger partial charge in [-0.15, -0.1) is 0 Å². The van der Waals surface area contributed by atoms with E-state index in [0.29, 0.717) is 52.8 Å². The molecule has 156 valence electrons. The van der Waals surface area contributed by atoms with Gasteiger partial charge < -0.3 is 24.1 Å². The maximum absolute atomic E-state index is 12.8. The van der Waals surface area contributed by atoms with Gasteiger partial charge in [0.2, 0.25) is 0 Å². The van der Waals surface area contributed by atoms with E-state index in [-0.39, 0.29) is 11.9 Å². The van der Waals surface area contributed by atoms with Crippen LogP contribution in [0.1, 0.15) is 10.4 Å². The van der Waals surface area contributed by atoms with Crippen LogP contribution in [-0.2, 0) is 0 Å². The number of halogens is 3. The first-order valence-electron chi connectivity index (χ1n) is 8.95. The molecule has 0 bridgehead atoms. The van der Waals surface area contributed by atoms with Gasteiger partial charge in [-0.05, 0) is 46.3 Å². The van der Waals surface area contributed by atoms with Crippen LogP contribution in [0.4, 0.5) is 10.5 Å². The van der Waals surface area contributed by atoms with E-state index < -0.39 is 6.16 Å². The average Bonchev–Trinajstić information content (AvgIpc) is 3.10. The number of carbonyl (C=O) groups excluding carboxylic acids is 1. The Balaban J connectivity index is 1.49. The molecule has 2 aromatic carbocycles. The molecule has 4 rings (SSSR count). The lowest BCUT2D eigenvalue weighted by atomic mass is 10.1. The Kier molecular flexibility index (Phi) is 5.81. The van der Waals surface area contributed by atoms with Crippen LogP contribution in [0.2, 0.25) is 10.0 Å². The highest BCUT2D eigenvalue weighted by Gasteiger charge is 2.25. The summed E-state index contributed by atoms with van der Waals surface area (Å²) < 4.78 is 10.8. The smallest absolute Gasteiger partial charge is 0.449 e. The highest BCUT2D eigenvalue weighted by molar-refractivity contribution is 9.10. The summed E-state index contributed by atoms with van der Waals surface area (Å²) in [6.45, 7) is 2.32. The molecule has 0 atom stereocenters. The maximum Gasteiger partial charge on any atom is 0.513 e. The first-order chi connectivity index (χ1) is 14.3. The van der Waals surface area contributed by atoms with E-state index in [1.165, 1.54) is 6.07 Å². The molecule has 1 aliphatic heterocycles. The van der Waals surface area contributed by atoms with Gasteiger partial charge in [-0.25, -0.2) is 4.79 Å². The fourth-order valence-electron chi connectivity index (χ4n) is 3.43. The zero-order valence-corrected chi connectivity index (χ0v) is 18.5. The van der Waals surface area contributed by atoms with Crippen molar-refractivity contribution in [2.75, 3.05) is 31.1 Å². The van der Waals surface area contributed by atoms with E-state index in [4.69, 9.17) is 32.7 Å². The van der Waals surface area contributed by atoms with Crippen molar-refractivity contribution < 1.29 is 23.8 Å². The molecule has 0 spiro atoms. The summed E-state index contributed by atoms with van der Waals surface area (Å²) in [5.41, 5.74) is 1.89. The number of benzene rings is 2. The number of carbonyl (C=O) groups is 2. The van der Waals surface area contributed by atoms with E-state index in [2.05, 4.69) is 25.6 Å². The number of carboxylic acid groups (broad SMARTS) is 1. The molecule has 1 N–H and O–H groups in total. The molecule has 3 aromatic rings. The largest absolute Gasteiger partial charge is 0.513 e. The summed E-state index contributed by atoms with van der Waals surface area (Å²) in [6.07, 6.45) is -1.44. The molecule has 0 unspecified atom stereocenters. The third-order valence-electron chi connectivity index (χ3n) is 4.80. The van der Waals surface area contributed by atoms with Crippen molar-refractivity contribution in [1.82, 2.24) is 4.90 Å². The topological polar surface area (TPSA) is 83.2 Å². The first kappa shape index (κ1) is 20.8. The number of piperazine rings is 1. The Morgan fingerprint density at radius 1 is 1.03 bits per heavy atom. The second kappa shape index (κ2) is 8.37. The van der Waals surface area contributed by atoms with Crippen LogP contribution >= 0.6 is 39.1 Å². The minimum absolute atomic E-state index is 0.0917. The molecule has 7 nitrogen and oxygen atoms in total. The molecule has 0 aliphatic carbocycles. The standard InChI is InChI=1S/C20H15BrCl2N2O5/c21-18-14-10-17(30-20(27)28)29-16(14)2-1-15(18)24-3-5-25(6-4-24)19(26)11-7-12(22)9-13(23)8-11/h1-2,7-10H,3-6H2,(H,27,28). The Bertz CT molecular complexity index is 1120. The molecular weight excluding hydrogens is 499 g/mol. The van der Waals surface area contributed by atoms with Gasteiger partial charge in [-0.3, -0.25) is 4.79 Å². The maximum atomic E-state index is 12.8. The normalized spacial score (nSPS) is 14.2. The number of anilines is 1. The van der Waals surface area contributed by atoms with Gasteiger partial charge in [0.25, 0.3) is 11.9 Å². The Hall–Kier alpha value is -2.42. The Labute approximate surface area is 189 Å². The van der Waals surface area contributed by atoms with Crippen molar-refractivity contribution >= 4 is 67.9 Å². The predicted molar refractivity (Wildman–Crippen MR) is 117 cm³/mol. The summed E-state index contributed by atoms with van der Waals surface area (Å²) >= 11 is 15.6. The number of hydrogen-bond donors (Lipinski definition) is 1. The van der Waals surface area contributed by atoms with Gasteiger partial charge in [-0.2, -0.15) is 0 Å². The van der Waals surface area contributed by atoms with Crippen LogP contribution in [-0.4, -0.2) is 48.2 Å². The van der Waals surface area contributed by atoms with Gasteiger partial charge in [0.05, 0.1) is 10.2 Å². The second-order valence-electron chi connectivity index (χ2n) is 6.68. The summed E-state index contributed by atoms with van der Waals surface area (Å²) in [6, 6.07) is 9.99. The average molecular weight is 514 g/mol. The van der Waals surface area contributed by atoms with Crippen LogP contribution in [0.25, 0.3) is 11.0 Å². The molecule has 1 fully saturated rings. The molecule has 1 amide bonds. The number of furan rings is 1. The molecule has 30 heavy (non-hydrogen) atoms. The minimum atomic E-state index is -1.44. The lowest BCUT2D eigenvalue weighted by molar-refractivity contribution is 0.0746. The van der Waals surface area contributed by atoms with Crippen LogP contribution in [0.5, 0.6) is 5.95 Å². The van der Waals surface area contributed by atoms with Gasteiger partial charge in [0.1, 0.15) is 5.58 Å². The quantitative estimate of drug-likeness (QED) is 0.464. The fraction of sp³-hybridized carbons (Fsp3) is 0.200. The SMILES string of the molecule is O=C(O)Oc1cc2c(Br)c(N3CCN(C(=O)c4cc(Cl)cc(Cl)c4)CC3)ccc2o1. The molecule has 1 aliphatic rings. The number of ether oxygens (including phenoxy) is 1. The van der Waals surface area contributed by atoms with Gasteiger partial charge in [0, 0.05) is 53.2 Å². The monoisotopic (exact) mass is 512 g/mol. The van der Waals surface area contributed by atoms with E-state index in [1.807, 2.05) is 6.07 Å². The molecule has 1 saturated heterocycles. The van der Waals surface area contributed by atoms with E-state index in [9.17, 15) is 9.59 Å². The third-order valence-corrected chi connectivity index (χ3v) is 6.07. The lowest BCUT2D eigenvalue weighted by Crippen LogP contribution is -2.48. The Morgan fingerprint density at radius 2 is 1.70 bits per heavy atom. The number of amides is 1. The van der Waals surface area contributed by atoms with Crippen molar-refractivity contribution in [3.8, 4) is 5.95 Å². The highest BCUT2D eigenvalue weighted by Crippen LogP contribution is 2.38. The van der Waals surface area contributed by atoms with Crippen molar-refractivity contribution in [3.63, 3.8) is 0 Å². The van der Waals surface area contributed by atoms with Crippen molar-refractivity contribution in [3.05, 3.63) is 56.5 Å². The van der Waals surface area contributed by atoms with Gasteiger partial charge in [0.15, 0.2) is 0 Å². The summed E-state index contributed by atoms with van der Waals surface area (Å²) in [4.78, 5) is 27.4. The lowest BCUT2D eigenvalue weighted by Gasteiger charge is -2.36. The molecular formula is C20H15BrCl2N2O5. The second-order valence-corrected chi connectivity index (χ2v) is 8.35. The van der Waals surface area contributed by atoms with Crippen LogP contribution in [0.15, 0.2) is 45.3 Å².